The SMILES string of the molecule is O=C(O)CNOCC1COC1. The van der Waals surface area contributed by atoms with Gasteiger partial charge in [-0.05, 0) is 0 Å². The Hall–Kier alpha value is -0.650. The number of hydroxylamine groups is 1. The molecule has 0 amide bonds. The van der Waals surface area contributed by atoms with Crippen molar-refractivity contribution in [2.24, 2.45) is 5.92 Å². The first-order valence-corrected chi connectivity index (χ1v) is 3.43. The minimum atomic E-state index is -0.921. The van der Waals surface area contributed by atoms with Gasteiger partial charge in [0.25, 0.3) is 0 Å². The van der Waals surface area contributed by atoms with E-state index in [1.54, 1.807) is 0 Å². The molecule has 0 aromatic carbocycles. The molecule has 0 spiro atoms. The molecule has 1 aliphatic rings. The second kappa shape index (κ2) is 4.27. The van der Waals surface area contributed by atoms with Gasteiger partial charge in [-0.2, -0.15) is 5.48 Å². The molecular weight excluding hydrogens is 150 g/mol. The minimum Gasteiger partial charge on any atom is -0.480 e. The van der Waals surface area contributed by atoms with Crippen molar-refractivity contribution < 1.29 is 19.5 Å². The average molecular weight is 161 g/mol. The van der Waals surface area contributed by atoms with Crippen molar-refractivity contribution in [3.8, 4) is 0 Å². The largest absolute Gasteiger partial charge is 0.480 e. The molecule has 0 atom stereocenters. The molecule has 1 heterocycles. The predicted molar refractivity (Wildman–Crippen MR) is 35.9 cm³/mol. The van der Waals surface area contributed by atoms with Gasteiger partial charge >= 0.3 is 5.97 Å². The molecule has 0 aliphatic carbocycles. The van der Waals surface area contributed by atoms with Crippen LogP contribution in [0.15, 0.2) is 0 Å². The number of hydrogen-bond acceptors (Lipinski definition) is 4. The summed E-state index contributed by atoms with van der Waals surface area (Å²) in [6.45, 7) is 1.80. The van der Waals surface area contributed by atoms with Gasteiger partial charge in [0.2, 0.25) is 0 Å². The van der Waals surface area contributed by atoms with Gasteiger partial charge in [0, 0.05) is 5.92 Å². The number of rotatable bonds is 5. The smallest absolute Gasteiger partial charge is 0.319 e. The Morgan fingerprint density at radius 2 is 2.45 bits per heavy atom. The van der Waals surface area contributed by atoms with Crippen LogP contribution >= 0.6 is 0 Å². The van der Waals surface area contributed by atoms with Crippen molar-refractivity contribution in [1.29, 1.82) is 0 Å². The summed E-state index contributed by atoms with van der Waals surface area (Å²) < 4.78 is 4.89. The number of aliphatic carboxylic acids is 1. The number of nitrogens with one attached hydrogen (secondary N) is 1. The van der Waals surface area contributed by atoms with E-state index in [-0.39, 0.29) is 6.54 Å². The fourth-order valence-corrected chi connectivity index (χ4v) is 0.670. The first-order chi connectivity index (χ1) is 5.29. The Morgan fingerprint density at radius 1 is 1.73 bits per heavy atom. The summed E-state index contributed by atoms with van der Waals surface area (Å²) in [5.74, 6) is -0.494. The van der Waals surface area contributed by atoms with E-state index in [1.165, 1.54) is 0 Å². The zero-order chi connectivity index (χ0) is 8.10. The minimum absolute atomic E-state index is 0.159. The van der Waals surface area contributed by atoms with Crippen molar-refractivity contribution in [3.63, 3.8) is 0 Å². The van der Waals surface area contributed by atoms with Crippen LogP contribution in [0.5, 0.6) is 0 Å². The molecule has 1 fully saturated rings. The van der Waals surface area contributed by atoms with Gasteiger partial charge in [-0.1, -0.05) is 0 Å². The monoisotopic (exact) mass is 161 g/mol. The number of carboxylic acid groups (broad SMARTS) is 1. The molecule has 0 unspecified atom stereocenters. The van der Waals surface area contributed by atoms with Gasteiger partial charge in [0.1, 0.15) is 6.54 Å². The number of ether oxygens (including phenoxy) is 1. The molecule has 0 aromatic rings. The van der Waals surface area contributed by atoms with E-state index in [9.17, 15) is 4.79 Å². The molecule has 0 bridgehead atoms. The van der Waals surface area contributed by atoms with Crippen LogP contribution in [0.3, 0.4) is 0 Å². The average Bonchev–Trinajstić information content (AvgIpc) is 1.82. The molecular formula is C6H11NO4. The molecule has 2 N–H and O–H groups in total. The van der Waals surface area contributed by atoms with Gasteiger partial charge in [0.05, 0.1) is 19.8 Å². The number of carboxylic acids is 1. The van der Waals surface area contributed by atoms with E-state index < -0.39 is 5.97 Å². The van der Waals surface area contributed by atoms with Gasteiger partial charge in [0.15, 0.2) is 0 Å². The molecule has 1 aliphatic heterocycles. The highest BCUT2D eigenvalue weighted by atomic mass is 16.6. The van der Waals surface area contributed by atoms with Crippen LogP contribution in [-0.4, -0.2) is 37.4 Å². The lowest BCUT2D eigenvalue weighted by Gasteiger charge is -2.25. The fourth-order valence-electron chi connectivity index (χ4n) is 0.670. The van der Waals surface area contributed by atoms with Gasteiger partial charge in [-0.25, -0.2) is 0 Å². The highest BCUT2D eigenvalue weighted by Gasteiger charge is 2.18. The molecule has 0 radical (unpaired) electrons. The lowest BCUT2D eigenvalue weighted by Crippen LogP contribution is -2.35. The van der Waals surface area contributed by atoms with E-state index in [0.717, 1.165) is 13.2 Å². The second-order valence-electron chi connectivity index (χ2n) is 2.43. The number of carbonyl (C=O) groups is 1. The van der Waals surface area contributed by atoms with Crippen LogP contribution in [-0.2, 0) is 14.4 Å². The zero-order valence-electron chi connectivity index (χ0n) is 6.08. The van der Waals surface area contributed by atoms with Crippen molar-refractivity contribution in [3.05, 3.63) is 0 Å². The molecule has 5 nitrogen and oxygen atoms in total. The molecule has 64 valence electrons. The Morgan fingerprint density at radius 3 is 2.91 bits per heavy atom. The highest BCUT2D eigenvalue weighted by molar-refractivity contribution is 5.68. The van der Waals surface area contributed by atoms with E-state index in [0.29, 0.717) is 12.5 Å². The van der Waals surface area contributed by atoms with E-state index in [4.69, 9.17) is 14.7 Å². The van der Waals surface area contributed by atoms with Crippen molar-refractivity contribution in [2.45, 2.75) is 0 Å². The van der Waals surface area contributed by atoms with Crippen molar-refractivity contribution in [2.75, 3.05) is 26.4 Å². The molecule has 0 saturated carbocycles. The Kier molecular flexibility index (Phi) is 3.28. The Balaban J connectivity index is 1.83. The summed E-state index contributed by atoms with van der Waals surface area (Å²) in [6, 6.07) is 0. The lowest BCUT2D eigenvalue weighted by molar-refractivity contribution is -0.140. The van der Waals surface area contributed by atoms with E-state index in [2.05, 4.69) is 5.48 Å². The topological polar surface area (TPSA) is 67.8 Å². The number of hydrogen-bond donors (Lipinski definition) is 2. The summed E-state index contributed by atoms with van der Waals surface area (Å²) in [4.78, 5) is 14.8. The summed E-state index contributed by atoms with van der Waals surface area (Å²) >= 11 is 0. The Bertz CT molecular complexity index is 135. The van der Waals surface area contributed by atoms with Crippen LogP contribution in [0.25, 0.3) is 0 Å². The first-order valence-electron chi connectivity index (χ1n) is 3.43. The summed E-state index contributed by atoms with van der Waals surface area (Å²) in [6.07, 6.45) is 0. The Labute approximate surface area is 64.2 Å². The van der Waals surface area contributed by atoms with Gasteiger partial charge < -0.3 is 14.7 Å². The normalized spacial score (nSPS) is 17.8. The second-order valence-corrected chi connectivity index (χ2v) is 2.43. The quantitative estimate of drug-likeness (QED) is 0.409. The van der Waals surface area contributed by atoms with Crippen LogP contribution in [0.4, 0.5) is 0 Å². The zero-order valence-corrected chi connectivity index (χ0v) is 6.08. The first kappa shape index (κ1) is 8.45. The van der Waals surface area contributed by atoms with Gasteiger partial charge in [-0.15, -0.1) is 0 Å². The van der Waals surface area contributed by atoms with Gasteiger partial charge in [-0.3, -0.25) is 4.79 Å². The van der Waals surface area contributed by atoms with Crippen LogP contribution < -0.4 is 5.48 Å². The summed E-state index contributed by atoms with van der Waals surface area (Å²) in [5.41, 5.74) is 2.33. The van der Waals surface area contributed by atoms with Crippen LogP contribution in [0.1, 0.15) is 0 Å². The maximum absolute atomic E-state index is 9.96. The third-order valence-corrected chi connectivity index (χ3v) is 1.35. The maximum atomic E-state index is 9.96. The molecule has 0 aromatic heterocycles. The molecule has 11 heavy (non-hydrogen) atoms. The highest BCUT2D eigenvalue weighted by Crippen LogP contribution is 2.08. The van der Waals surface area contributed by atoms with Crippen LogP contribution in [0.2, 0.25) is 0 Å². The summed E-state index contributed by atoms with van der Waals surface area (Å²) in [5, 5.41) is 8.18. The fraction of sp³-hybridized carbons (Fsp3) is 0.833. The predicted octanol–water partition coefficient (Wildman–Crippen LogP) is -0.761. The molecule has 5 heteroatoms. The lowest BCUT2D eigenvalue weighted by atomic mass is 10.1. The molecule has 1 rings (SSSR count). The van der Waals surface area contributed by atoms with Crippen LogP contribution in [0, 0.1) is 5.92 Å². The molecule has 1 saturated heterocycles. The third-order valence-electron chi connectivity index (χ3n) is 1.35. The third kappa shape index (κ3) is 3.31. The van der Waals surface area contributed by atoms with E-state index in [1.807, 2.05) is 0 Å². The van der Waals surface area contributed by atoms with Crippen molar-refractivity contribution >= 4 is 5.97 Å². The maximum Gasteiger partial charge on any atom is 0.319 e. The summed E-state index contributed by atoms with van der Waals surface area (Å²) in [7, 11) is 0. The van der Waals surface area contributed by atoms with E-state index >= 15 is 0 Å². The van der Waals surface area contributed by atoms with Crippen molar-refractivity contribution in [1.82, 2.24) is 5.48 Å². The standard InChI is InChI=1S/C6H11NO4/c8-6(9)1-7-11-4-5-2-10-3-5/h5,7H,1-4H2,(H,8,9).